The number of hydrogen-bond donors (Lipinski definition) is 0. The highest BCUT2D eigenvalue weighted by molar-refractivity contribution is 6.05. The molecule has 0 saturated heterocycles. The van der Waals surface area contributed by atoms with E-state index in [-0.39, 0.29) is 5.91 Å². The fourth-order valence-corrected chi connectivity index (χ4v) is 2.70. The summed E-state index contributed by atoms with van der Waals surface area (Å²) in [5.41, 5.74) is 1.42. The number of fused-ring (bicyclic) bond motifs is 1. The fourth-order valence-electron chi connectivity index (χ4n) is 2.70. The maximum absolute atomic E-state index is 12.7. The molecule has 0 saturated carbocycles. The molecule has 5 heteroatoms. The van der Waals surface area contributed by atoms with Crippen LogP contribution in [-0.2, 0) is 13.5 Å². The van der Waals surface area contributed by atoms with Crippen molar-refractivity contribution in [2.45, 2.75) is 12.8 Å². The Hall–Kier alpha value is -2.69. The number of amides is 1. The summed E-state index contributed by atoms with van der Waals surface area (Å²) in [6.45, 7) is 0.689. The van der Waals surface area contributed by atoms with E-state index in [1.807, 2.05) is 55.2 Å². The van der Waals surface area contributed by atoms with E-state index in [0.29, 0.717) is 12.1 Å². The Balaban J connectivity index is 1.68. The van der Waals surface area contributed by atoms with Crippen molar-refractivity contribution in [2.75, 3.05) is 13.6 Å². The molecule has 23 heavy (non-hydrogen) atoms. The molecule has 0 bridgehead atoms. The Labute approximate surface area is 135 Å². The number of carbonyl (C=O) groups is 1. The van der Waals surface area contributed by atoms with Gasteiger partial charge in [-0.1, -0.05) is 18.2 Å². The van der Waals surface area contributed by atoms with E-state index in [1.54, 1.807) is 17.3 Å². The van der Waals surface area contributed by atoms with Crippen LogP contribution in [0.15, 0.2) is 48.9 Å². The number of nitrogens with zero attached hydrogens (tertiary/aromatic N) is 4. The Kier molecular flexibility index (Phi) is 4.37. The number of aromatic nitrogens is 3. The summed E-state index contributed by atoms with van der Waals surface area (Å²) in [5.74, 6) is 1.05. The molecule has 3 aromatic rings. The minimum absolute atomic E-state index is 0.00846. The van der Waals surface area contributed by atoms with Crippen molar-refractivity contribution < 1.29 is 4.79 Å². The number of para-hydroxylation sites is 1. The molecule has 118 valence electrons. The van der Waals surface area contributed by atoms with Crippen molar-refractivity contribution in [3.63, 3.8) is 0 Å². The molecule has 1 aromatic carbocycles. The van der Waals surface area contributed by atoms with Gasteiger partial charge in [0.25, 0.3) is 5.91 Å². The summed E-state index contributed by atoms with van der Waals surface area (Å²) < 4.78 is 2.01. The van der Waals surface area contributed by atoms with Crippen LogP contribution in [0.5, 0.6) is 0 Å². The van der Waals surface area contributed by atoms with E-state index in [2.05, 4.69) is 9.97 Å². The van der Waals surface area contributed by atoms with Crippen LogP contribution in [-0.4, -0.2) is 38.9 Å². The quantitative estimate of drug-likeness (QED) is 0.728. The molecule has 0 aliphatic rings. The largest absolute Gasteiger partial charge is 0.342 e. The Morgan fingerprint density at radius 1 is 1.17 bits per heavy atom. The Bertz CT molecular complexity index is 819. The van der Waals surface area contributed by atoms with Gasteiger partial charge in [0.1, 0.15) is 5.82 Å². The molecular weight excluding hydrogens is 288 g/mol. The smallest absolute Gasteiger partial charge is 0.255 e. The molecule has 0 unspecified atom stereocenters. The van der Waals surface area contributed by atoms with Crippen LogP contribution in [0.25, 0.3) is 10.9 Å². The number of rotatable bonds is 5. The minimum Gasteiger partial charge on any atom is -0.342 e. The molecule has 0 aliphatic carbocycles. The van der Waals surface area contributed by atoms with E-state index >= 15 is 0 Å². The summed E-state index contributed by atoms with van der Waals surface area (Å²) in [6, 6.07) is 9.57. The summed E-state index contributed by atoms with van der Waals surface area (Å²) in [5, 5.41) is 0.986. The lowest BCUT2D eigenvalue weighted by Gasteiger charge is -2.18. The van der Waals surface area contributed by atoms with Crippen LogP contribution in [0, 0.1) is 0 Å². The van der Waals surface area contributed by atoms with Crippen molar-refractivity contribution in [2.24, 2.45) is 7.05 Å². The van der Waals surface area contributed by atoms with Crippen molar-refractivity contribution in [3.8, 4) is 0 Å². The van der Waals surface area contributed by atoms with Gasteiger partial charge in [0, 0.05) is 51.0 Å². The van der Waals surface area contributed by atoms with E-state index in [1.165, 1.54) is 0 Å². The summed E-state index contributed by atoms with van der Waals surface area (Å²) in [6.07, 6.45) is 7.19. The molecule has 0 radical (unpaired) electrons. The molecule has 3 rings (SSSR count). The average molecular weight is 308 g/mol. The first kappa shape index (κ1) is 15.2. The summed E-state index contributed by atoms with van der Waals surface area (Å²) in [4.78, 5) is 23.1. The van der Waals surface area contributed by atoms with Crippen LogP contribution in [0.2, 0.25) is 0 Å². The zero-order valence-electron chi connectivity index (χ0n) is 13.4. The van der Waals surface area contributed by atoms with Crippen molar-refractivity contribution in [3.05, 3.63) is 60.3 Å². The van der Waals surface area contributed by atoms with Gasteiger partial charge in [-0.05, 0) is 18.6 Å². The van der Waals surface area contributed by atoms with Crippen LogP contribution >= 0.6 is 0 Å². The maximum Gasteiger partial charge on any atom is 0.255 e. The summed E-state index contributed by atoms with van der Waals surface area (Å²) in [7, 11) is 3.82. The molecule has 0 fully saturated rings. The second kappa shape index (κ2) is 6.60. The maximum atomic E-state index is 12.7. The highest BCUT2D eigenvalue weighted by atomic mass is 16.2. The van der Waals surface area contributed by atoms with Crippen molar-refractivity contribution >= 4 is 16.8 Å². The van der Waals surface area contributed by atoms with Gasteiger partial charge in [-0.15, -0.1) is 0 Å². The molecule has 2 aromatic heterocycles. The number of aryl methyl sites for hydroxylation is 2. The van der Waals surface area contributed by atoms with Gasteiger partial charge in [-0.25, -0.2) is 4.98 Å². The van der Waals surface area contributed by atoms with E-state index < -0.39 is 0 Å². The number of hydrogen-bond acceptors (Lipinski definition) is 3. The van der Waals surface area contributed by atoms with Crippen molar-refractivity contribution in [1.29, 1.82) is 0 Å². The van der Waals surface area contributed by atoms with Gasteiger partial charge in [0.05, 0.1) is 11.1 Å². The van der Waals surface area contributed by atoms with E-state index in [9.17, 15) is 4.79 Å². The fraction of sp³-hybridized carbons (Fsp3) is 0.278. The predicted molar refractivity (Wildman–Crippen MR) is 90.2 cm³/mol. The lowest BCUT2D eigenvalue weighted by Crippen LogP contribution is -2.28. The molecule has 2 heterocycles. The van der Waals surface area contributed by atoms with Gasteiger partial charge in [0.15, 0.2) is 0 Å². The Morgan fingerprint density at radius 2 is 2.00 bits per heavy atom. The van der Waals surface area contributed by atoms with E-state index in [0.717, 1.165) is 29.6 Å². The average Bonchev–Trinajstić information content (AvgIpc) is 2.98. The first-order chi connectivity index (χ1) is 11.2. The molecule has 5 nitrogen and oxygen atoms in total. The monoisotopic (exact) mass is 308 g/mol. The van der Waals surface area contributed by atoms with E-state index in [4.69, 9.17) is 0 Å². The van der Waals surface area contributed by atoms with Crippen LogP contribution < -0.4 is 0 Å². The third-order valence-corrected chi connectivity index (χ3v) is 4.02. The Morgan fingerprint density at radius 3 is 2.78 bits per heavy atom. The molecule has 0 aliphatic heterocycles. The molecule has 0 N–H and O–H groups in total. The van der Waals surface area contributed by atoms with Crippen LogP contribution in [0.1, 0.15) is 22.6 Å². The molecule has 0 atom stereocenters. The lowest BCUT2D eigenvalue weighted by atomic mass is 10.1. The molecular formula is C18H20N4O. The van der Waals surface area contributed by atoms with Crippen LogP contribution in [0.3, 0.4) is 0 Å². The first-order valence-corrected chi connectivity index (χ1v) is 7.72. The molecule has 0 spiro atoms. The zero-order valence-corrected chi connectivity index (χ0v) is 13.4. The van der Waals surface area contributed by atoms with Gasteiger partial charge in [0.2, 0.25) is 0 Å². The second-order valence-corrected chi connectivity index (χ2v) is 5.67. The second-order valence-electron chi connectivity index (χ2n) is 5.67. The number of benzene rings is 1. The van der Waals surface area contributed by atoms with Crippen molar-refractivity contribution in [1.82, 2.24) is 19.4 Å². The highest BCUT2D eigenvalue weighted by Gasteiger charge is 2.15. The third kappa shape index (κ3) is 3.23. The van der Waals surface area contributed by atoms with Gasteiger partial charge in [-0.3, -0.25) is 9.78 Å². The SMILES string of the molecule is CN(CCCc1nccn1C)C(=O)c1cccc2cccnc12. The van der Waals surface area contributed by atoms with Gasteiger partial charge in [-0.2, -0.15) is 0 Å². The standard InChI is InChI=1S/C18H20N4O/c1-21-13-11-19-16(21)9-5-12-22(2)18(23)15-8-3-6-14-7-4-10-20-17(14)15/h3-4,6-8,10-11,13H,5,9,12H2,1-2H3. The van der Waals surface area contributed by atoms with Crippen LogP contribution in [0.4, 0.5) is 0 Å². The summed E-state index contributed by atoms with van der Waals surface area (Å²) >= 11 is 0. The highest BCUT2D eigenvalue weighted by Crippen LogP contribution is 2.17. The molecule has 1 amide bonds. The van der Waals surface area contributed by atoms with Gasteiger partial charge < -0.3 is 9.47 Å². The lowest BCUT2D eigenvalue weighted by molar-refractivity contribution is 0.0795. The topological polar surface area (TPSA) is 51.0 Å². The third-order valence-electron chi connectivity index (χ3n) is 4.02. The minimum atomic E-state index is 0.00846. The zero-order chi connectivity index (χ0) is 16.2. The van der Waals surface area contributed by atoms with Gasteiger partial charge >= 0.3 is 0 Å². The number of pyridine rings is 1. The first-order valence-electron chi connectivity index (χ1n) is 7.72. The number of imidazole rings is 1. The predicted octanol–water partition coefficient (Wildman–Crippen LogP) is 2.67. The normalized spacial score (nSPS) is 10.9. The number of carbonyl (C=O) groups excluding carboxylic acids is 1.